The number of carboxylic acids is 1. The van der Waals surface area contributed by atoms with Gasteiger partial charge in [-0.2, -0.15) is 0 Å². The molecule has 0 aromatic heterocycles. The van der Waals surface area contributed by atoms with Crippen LogP contribution in [-0.2, 0) is 4.43 Å². The molecule has 25 heavy (non-hydrogen) atoms. The molecule has 0 spiro atoms. The van der Waals surface area contributed by atoms with Crippen molar-refractivity contribution in [2.24, 2.45) is 5.92 Å². The zero-order valence-electron chi connectivity index (χ0n) is 16.7. The molecule has 0 aliphatic carbocycles. The maximum absolute atomic E-state index is 13.0. The molecule has 0 atom stereocenters. The highest BCUT2D eigenvalue weighted by Crippen LogP contribution is 2.55. The molecule has 1 aromatic rings. The van der Waals surface area contributed by atoms with Crippen molar-refractivity contribution in [1.82, 2.24) is 0 Å². The first-order chi connectivity index (χ1) is 11.4. The Hall–Kier alpha value is -1.62. The van der Waals surface area contributed by atoms with Crippen LogP contribution in [0.5, 0.6) is 0 Å². The lowest BCUT2D eigenvalue weighted by Crippen LogP contribution is -2.56. The fourth-order valence-electron chi connectivity index (χ4n) is 4.03. The first-order valence-electron chi connectivity index (χ1n) is 8.95. The summed E-state index contributed by atoms with van der Waals surface area (Å²) >= 11 is 0. The van der Waals surface area contributed by atoms with Gasteiger partial charge in [-0.15, -0.1) is 0 Å². The average Bonchev–Trinajstić information content (AvgIpc) is 2.50. The lowest BCUT2D eigenvalue weighted by Gasteiger charge is -2.51. The van der Waals surface area contributed by atoms with Crippen LogP contribution in [0.3, 0.4) is 0 Å². The van der Waals surface area contributed by atoms with Crippen molar-refractivity contribution in [1.29, 1.82) is 0 Å². The third kappa shape index (κ3) is 3.81. The first-order valence-corrected chi connectivity index (χ1v) is 11.0. The summed E-state index contributed by atoms with van der Waals surface area (Å²) in [5, 5.41) is 9.23. The van der Waals surface area contributed by atoms with E-state index in [0.717, 1.165) is 0 Å². The molecule has 0 fully saturated rings. The standard InChI is InChI=1S/C20H32O4Si/c1-13(2)20(7,8)25(14(3)4,15(5)6)24-19(23)17-12-10-9-11-16(17)18(21)22/h9-15H,1-8H3,(H,21,22). The highest BCUT2D eigenvalue weighted by atomic mass is 28.4. The van der Waals surface area contributed by atoms with Gasteiger partial charge in [0.15, 0.2) is 0 Å². The van der Waals surface area contributed by atoms with Gasteiger partial charge in [-0.05, 0) is 34.2 Å². The summed E-state index contributed by atoms with van der Waals surface area (Å²) in [6.07, 6.45) is 0. The number of benzene rings is 1. The monoisotopic (exact) mass is 364 g/mol. The van der Waals surface area contributed by atoms with Crippen molar-refractivity contribution in [2.45, 2.75) is 71.5 Å². The largest absolute Gasteiger partial charge is 0.514 e. The van der Waals surface area contributed by atoms with Crippen molar-refractivity contribution in [2.75, 3.05) is 0 Å². The van der Waals surface area contributed by atoms with Crippen molar-refractivity contribution in [3.8, 4) is 0 Å². The molecular weight excluding hydrogens is 332 g/mol. The SMILES string of the molecule is CC(C)C(C)(C)[Si](OC(=O)c1ccccc1C(=O)O)(C(C)C)C(C)C. The molecular formula is C20H32O4Si. The Kier molecular flexibility index (Phi) is 6.62. The van der Waals surface area contributed by atoms with Gasteiger partial charge in [-0.1, -0.05) is 67.5 Å². The second-order valence-electron chi connectivity index (χ2n) is 8.22. The quantitative estimate of drug-likeness (QED) is 0.626. The van der Waals surface area contributed by atoms with Crippen molar-refractivity contribution in [3.63, 3.8) is 0 Å². The molecule has 0 aliphatic rings. The van der Waals surface area contributed by atoms with Gasteiger partial charge in [0.2, 0.25) is 0 Å². The van der Waals surface area contributed by atoms with Gasteiger partial charge < -0.3 is 9.53 Å². The van der Waals surface area contributed by atoms with Crippen LogP contribution in [0.15, 0.2) is 24.3 Å². The summed E-state index contributed by atoms with van der Waals surface area (Å²) in [5.41, 5.74) is 0.551. The normalized spacial score (nSPS) is 12.8. The molecule has 0 aliphatic heterocycles. The Morgan fingerprint density at radius 2 is 1.40 bits per heavy atom. The molecule has 4 nitrogen and oxygen atoms in total. The maximum Gasteiger partial charge on any atom is 0.336 e. The van der Waals surface area contributed by atoms with Gasteiger partial charge in [-0.25, -0.2) is 9.59 Å². The molecule has 0 amide bonds. The number of aromatic carboxylic acids is 1. The smallest absolute Gasteiger partial charge is 0.336 e. The zero-order valence-corrected chi connectivity index (χ0v) is 17.7. The zero-order chi connectivity index (χ0) is 19.6. The fraction of sp³-hybridized carbons (Fsp3) is 0.600. The number of carbonyl (C=O) groups is 2. The van der Waals surface area contributed by atoms with Gasteiger partial charge in [0.05, 0.1) is 11.1 Å². The van der Waals surface area contributed by atoms with E-state index in [9.17, 15) is 14.7 Å². The van der Waals surface area contributed by atoms with E-state index >= 15 is 0 Å². The van der Waals surface area contributed by atoms with E-state index < -0.39 is 20.3 Å². The van der Waals surface area contributed by atoms with Crippen LogP contribution in [0, 0.1) is 5.92 Å². The molecule has 1 N–H and O–H groups in total. The van der Waals surface area contributed by atoms with Gasteiger partial charge in [-0.3, -0.25) is 0 Å². The summed E-state index contributed by atoms with van der Waals surface area (Å²) in [7, 11) is -2.59. The Morgan fingerprint density at radius 1 is 0.960 bits per heavy atom. The van der Waals surface area contributed by atoms with Crippen molar-refractivity contribution < 1.29 is 19.1 Å². The van der Waals surface area contributed by atoms with E-state index in [0.29, 0.717) is 5.92 Å². The van der Waals surface area contributed by atoms with Crippen LogP contribution in [0.1, 0.15) is 76.1 Å². The Morgan fingerprint density at radius 3 is 1.76 bits per heavy atom. The van der Waals surface area contributed by atoms with E-state index in [2.05, 4.69) is 55.4 Å². The van der Waals surface area contributed by atoms with Gasteiger partial charge in [0.1, 0.15) is 0 Å². The van der Waals surface area contributed by atoms with Crippen LogP contribution in [0.2, 0.25) is 16.1 Å². The second kappa shape index (κ2) is 7.73. The van der Waals surface area contributed by atoms with Crippen molar-refractivity contribution in [3.05, 3.63) is 35.4 Å². The third-order valence-corrected chi connectivity index (χ3v) is 12.4. The maximum atomic E-state index is 13.0. The van der Waals surface area contributed by atoms with E-state index in [1.807, 2.05) is 0 Å². The third-order valence-electron chi connectivity index (χ3n) is 5.80. The Labute approximate surface area is 152 Å². The van der Waals surface area contributed by atoms with Gasteiger partial charge in [0.25, 0.3) is 8.32 Å². The predicted molar refractivity (Wildman–Crippen MR) is 104 cm³/mol. The average molecular weight is 365 g/mol. The van der Waals surface area contributed by atoms with Gasteiger partial charge >= 0.3 is 11.9 Å². The topological polar surface area (TPSA) is 63.6 Å². The van der Waals surface area contributed by atoms with Crippen LogP contribution in [-0.4, -0.2) is 25.4 Å². The molecule has 0 saturated carbocycles. The van der Waals surface area contributed by atoms with E-state index in [1.165, 1.54) is 12.1 Å². The highest BCUT2D eigenvalue weighted by Gasteiger charge is 2.58. The van der Waals surface area contributed by atoms with E-state index in [4.69, 9.17) is 4.43 Å². The van der Waals surface area contributed by atoms with Crippen molar-refractivity contribution >= 4 is 20.3 Å². The number of rotatable bonds is 7. The number of hydrogen-bond acceptors (Lipinski definition) is 3. The lowest BCUT2D eigenvalue weighted by molar-refractivity contribution is 0.0649. The van der Waals surface area contributed by atoms with Gasteiger partial charge in [0, 0.05) is 0 Å². The summed E-state index contributed by atoms with van der Waals surface area (Å²) in [4.78, 5) is 24.5. The minimum Gasteiger partial charge on any atom is -0.514 e. The van der Waals surface area contributed by atoms with Crippen LogP contribution in [0.25, 0.3) is 0 Å². The molecule has 5 heteroatoms. The molecule has 140 valence electrons. The Balaban J connectivity index is 3.47. The molecule has 0 radical (unpaired) electrons. The minimum atomic E-state index is -2.59. The van der Waals surface area contributed by atoms with Crippen LogP contribution >= 0.6 is 0 Å². The number of hydrogen-bond donors (Lipinski definition) is 1. The van der Waals surface area contributed by atoms with Crippen LogP contribution in [0.4, 0.5) is 0 Å². The molecule has 0 bridgehead atoms. The molecule has 0 saturated heterocycles. The molecule has 1 rings (SSSR count). The predicted octanol–water partition coefficient (Wildman–Crippen LogP) is 5.74. The summed E-state index contributed by atoms with van der Waals surface area (Å²) in [6, 6.07) is 6.27. The minimum absolute atomic E-state index is 0.00901. The second-order valence-corrected chi connectivity index (χ2v) is 13.6. The molecule has 1 aromatic carbocycles. The number of carbonyl (C=O) groups excluding carboxylic acids is 1. The first kappa shape index (κ1) is 21.4. The Bertz CT molecular complexity index is 624. The highest BCUT2D eigenvalue weighted by molar-refractivity contribution is 6.80. The van der Waals surface area contributed by atoms with Crippen LogP contribution < -0.4 is 0 Å². The lowest BCUT2D eigenvalue weighted by atomic mass is 9.99. The fourth-order valence-corrected chi connectivity index (χ4v) is 10.4. The summed E-state index contributed by atoms with van der Waals surface area (Å²) in [6.45, 7) is 17.1. The molecule has 0 unspecified atom stereocenters. The van der Waals surface area contributed by atoms with E-state index in [-0.39, 0.29) is 27.2 Å². The number of carboxylic acid groups (broad SMARTS) is 1. The molecule has 0 heterocycles. The summed E-state index contributed by atoms with van der Waals surface area (Å²) in [5.74, 6) is -1.29. The van der Waals surface area contributed by atoms with E-state index in [1.54, 1.807) is 12.1 Å². The summed E-state index contributed by atoms with van der Waals surface area (Å²) < 4.78 is 6.30.